The lowest BCUT2D eigenvalue weighted by molar-refractivity contribution is -0.118. The first-order valence-electron chi connectivity index (χ1n) is 9.02. The van der Waals surface area contributed by atoms with Crippen LogP contribution in [0.3, 0.4) is 0 Å². The van der Waals surface area contributed by atoms with Crippen molar-refractivity contribution in [3.05, 3.63) is 58.0 Å². The van der Waals surface area contributed by atoms with Gasteiger partial charge in [-0.05, 0) is 24.6 Å². The second-order valence-electron chi connectivity index (χ2n) is 6.99. The van der Waals surface area contributed by atoms with Crippen molar-refractivity contribution in [1.82, 2.24) is 9.47 Å². The Hall–Kier alpha value is -3.23. The van der Waals surface area contributed by atoms with Gasteiger partial charge in [0.1, 0.15) is 11.4 Å². The molecule has 29 heavy (non-hydrogen) atoms. The maximum atomic E-state index is 13.4. The lowest BCUT2D eigenvalue weighted by Crippen LogP contribution is -2.33. The number of para-hydroxylation sites is 1. The number of aryl methyl sites for hydroxylation is 2. The summed E-state index contributed by atoms with van der Waals surface area (Å²) in [7, 11) is 1.41. The molecule has 0 radical (unpaired) electrons. The molecule has 2 aromatic rings. The lowest BCUT2D eigenvalue weighted by Gasteiger charge is -2.17. The van der Waals surface area contributed by atoms with Crippen LogP contribution in [0.1, 0.15) is 22.3 Å². The predicted octanol–water partition coefficient (Wildman–Crippen LogP) is 2.19. The molecule has 0 saturated carbocycles. The number of carbonyl (C=O) groups is 2. The molecule has 1 aliphatic rings. The Balaban J connectivity index is 1.72. The standard InChI is InChI=1S/C20H21F2N3O4/c1-13-5-3-4-6-16(13)29-11-17(26)23-15-9-14(10-24(2)19(15)28)18(27)25-8-7-20(21,22)12-25/h3-6,9-10H,7-8,11-12H2,1-2H3,(H,23,26). The number of benzene rings is 1. The minimum absolute atomic E-state index is 0.0416. The SMILES string of the molecule is Cc1ccccc1OCC(=O)Nc1cc(C(=O)N2CCC(F)(F)C2)cn(C)c1=O. The number of carbonyl (C=O) groups excluding carboxylic acids is 2. The lowest BCUT2D eigenvalue weighted by atomic mass is 10.2. The third-order valence-corrected chi connectivity index (χ3v) is 4.61. The van der Waals surface area contributed by atoms with Crippen molar-refractivity contribution in [2.24, 2.45) is 7.05 Å². The number of rotatable bonds is 5. The normalized spacial score (nSPS) is 15.2. The Morgan fingerprint density at radius 3 is 2.66 bits per heavy atom. The van der Waals surface area contributed by atoms with Gasteiger partial charge >= 0.3 is 0 Å². The van der Waals surface area contributed by atoms with Crippen molar-refractivity contribution in [2.75, 3.05) is 25.0 Å². The Labute approximate surface area is 165 Å². The van der Waals surface area contributed by atoms with Crippen LogP contribution in [0.2, 0.25) is 0 Å². The molecule has 9 heteroatoms. The zero-order valence-electron chi connectivity index (χ0n) is 16.1. The molecule has 1 aromatic carbocycles. The largest absolute Gasteiger partial charge is 0.483 e. The van der Waals surface area contributed by atoms with Gasteiger partial charge in [0, 0.05) is 26.2 Å². The second-order valence-corrected chi connectivity index (χ2v) is 6.99. The molecule has 1 N–H and O–H groups in total. The molecule has 0 aliphatic carbocycles. The molecule has 7 nitrogen and oxygen atoms in total. The van der Waals surface area contributed by atoms with E-state index in [0.29, 0.717) is 5.75 Å². The van der Waals surface area contributed by atoms with Gasteiger partial charge in [-0.15, -0.1) is 0 Å². The summed E-state index contributed by atoms with van der Waals surface area (Å²) in [6.07, 6.45) is 0.866. The minimum atomic E-state index is -2.92. The van der Waals surface area contributed by atoms with E-state index < -0.39 is 36.3 Å². The van der Waals surface area contributed by atoms with Crippen molar-refractivity contribution < 1.29 is 23.1 Å². The average Bonchev–Trinajstić information content (AvgIpc) is 3.03. The number of nitrogens with one attached hydrogen (secondary N) is 1. The number of pyridine rings is 1. The first-order chi connectivity index (χ1) is 13.7. The van der Waals surface area contributed by atoms with Crippen LogP contribution in [-0.4, -0.2) is 46.9 Å². The van der Waals surface area contributed by atoms with Crippen molar-refractivity contribution in [3.63, 3.8) is 0 Å². The highest BCUT2D eigenvalue weighted by molar-refractivity contribution is 5.97. The molecule has 3 rings (SSSR count). The van der Waals surface area contributed by atoms with Gasteiger partial charge in [0.2, 0.25) is 0 Å². The molecule has 1 aromatic heterocycles. The van der Waals surface area contributed by atoms with Crippen molar-refractivity contribution >= 4 is 17.5 Å². The van der Waals surface area contributed by atoms with E-state index in [1.165, 1.54) is 19.3 Å². The molecule has 2 heterocycles. The molecular weight excluding hydrogens is 384 g/mol. The Morgan fingerprint density at radius 1 is 1.28 bits per heavy atom. The average molecular weight is 405 g/mol. The Kier molecular flexibility index (Phi) is 5.67. The van der Waals surface area contributed by atoms with E-state index >= 15 is 0 Å². The predicted molar refractivity (Wildman–Crippen MR) is 102 cm³/mol. The van der Waals surface area contributed by atoms with Crippen LogP contribution in [0, 0.1) is 6.92 Å². The van der Waals surface area contributed by atoms with Gasteiger partial charge in [0.25, 0.3) is 23.3 Å². The maximum absolute atomic E-state index is 13.4. The van der Waals surface area contributed by atoms with Crippen LogP contribution in [0.25, 0.3) is 0 Å². The summed E-state index contributed by atoms with van der Waals surface area (Å²) >= 11 is 0. The quantitative estimate of drug-likeness (QED) is 0.827. The number of anilines is 1. The zero-order valence-corrected chi connectivity index (χ0v) is 16.1. The molecule has 2 amide bonds. The van der Waals surface area contributed by atoms with Crippen molar-refractivity contribution in [1.29, 1.82) is 0 Å². The molecule has 1 aliphatic heterocycles. The molecular formula is C20H21F2N3O4. The Morgan fingerprint density at radius 2 is 2.00 bits per heavy atom. The van der Waals surface area contributed by atoms with Gasteiger partial charge in [-0.2, -0.15) is 0 Å². The van der Waals surface area contributed by atoms with Gasteiger partial charge in [0.05, 0.1) is 12.1 Å². The van der Waals surface area contributed by atoms with Gasteiger partial charge in [0.15, 0.2) is 6.61 Å². The van der Waals surface area contributed by atoms with Crippen molar-refractivity contribution in [2.45, 2.75) is 19.3 Å². The van der Waals surface area contributed by atoms with E-state index in [0.717, 1.165) is 15.0 Å². The summed E-state index contributed by atoms with van der Waals surface area (Å²) in [5.74, 6) is -3.58. The summed E-state index contributed by atoms with van der Waals surface area (Å²) in [5.41, 5.74) is 0.242. The second kappa shape index (κ2) is 8.02. The molecule has 154 valence electrons. The van der Waals surface area contributed by atoms with Gasteiger partial charge in [-0.25, -0.2) is 8.78 Å². The number of ether oxygens (including phenoxy) is 1. The number of amides is 2. The fourth-order valence-corrected chi connectivity index (χ4v) is 3.06. The number of nitrogens with zero attached hydrogens (tertiary/aromatic N) is 2. The fraction of sp³-hybridized carbons (Fsp3) is 0.350. The number of likely N-dealkylation sites (tertiary alicyclic amines) is 1. The van der Waals surface area contributed by atoms with E-state index in [-0.39, 0.29) is 24.4 Å². The summed E-state index contributed by atoms with van der Waals surface area (Å²) < 4.78 is 33.4. The fourth-order valence-electron chi connectivity index (χ4n) is 3.06. The van der Waals surface area contributed by atoms with Gasteiger partial charge in [-0.3, -0.25) is 14.4 Å². The third-order valence-electron chi connectivity index (χ3n) is 4.61. The highest BCUT2D eigenvalue weighted by Gasteiger charge is 2.40. The smallest absolute Gasteiger partial charge is 0.274 e. The van der Waals surface area contributed by atoms with Crippen LogP contribution in [0.15, 0.2) is 41.3 Å². The topological polar surface area (TPSA) is 80.6 Å². The van der Waals surface area contributed by atoms with Crippen molar-refractivity contribution in [3.8, 4) is 5.75 Å². The van der Waals surface area contributed by atoms with Crippen LogP contribution in [-0.2, 0) is 11.8 Å². The summed E-state index contributed by atoms with van der Waals surface area (Å²) in [6, 6.07) is 8.36. The van der Waals surface area contributed by atoms with Crippen LogP contribution in [0.5, 0.6) is 5.75 Å². The number of aromatic nitrogens is 1. The first-order valence-corrected chi connectivity index (χ1v) is 9.02. The molecule has 0 unspecified atom stereocenters. The third kappa shape index (κ3) is 4.79. The molecule has 0 spiro atoms. The summed E-state index contributed by atoms with van der Waals surface area (Å²) in [5, 5.41) is 2.43. The molecule has 1 saturated heterocycles. The van der Waals surface area contributed by atoms with Crippen LogP contribution in [0.4, 0.5) is 14.5 Å². The van der Waals surface area contributed by atoms with E-state index in [1.54, 1.807) is 12.1 Å². The molecule has 0 bridgehead atoms. The summed E-state index contributed by atoms with van der Waals surface area (Å²) in [6.45, 7) is 0.770. The number of hydrogen-bond donors (Lipinski definition) is 1. The summed E-state index contributed by atoms with van der Waals surface area (Å²) in [4.78, 5) is 38.1. The maximum Gasteiger partial charge on any atom is 0.274 e. The first kappa shape index (κ1) is 20.5. The molecule has 0 atom stereocenters. The van der Waals surface area contributed by atoms with Gasteiger partial charge in [-0.1, -0.05) is 18.2 Å². The molecule has 1 fully saturated rings. The van der Waals surface area contributed by atoms with Crippen LogP contribution < -0.4 is 15.6 Å². The van der Waals surface area contributed by atoms with E-state index in [1.807, 2.05) is 19.1 Å². The van der Waals surface area contributed by atoms with Gasteiger partial charge < -0.3 is 19.5 Å². The Bertz CT molecular complexity index is 1000. The minimum Gasteiger partial charge on any atom is -0.483 e. The van der Waals surface area contributed by atoms with Crippen LogP contribution >= 0.6 is 0 Å². The van der Waals surface area contributed by atoms with E-state index in [9.17, 15) is 23.2 Å². The number of halogens is 2. The monoisotopic (exact) mass is 405 g/mol. The number of alkyl halides is 2. The highest BCUT2D eigenvalue weighted by Crippen LogP contribution is 2.28. The number of hydrogen-bond acceptors (Lipinski definition) is 4. The van der Waals surface area contributed by atoms with E-state index in [4.69, 9.17) is 4.74 Å². The zero-order chi connectivity index (χ0) is 21.2. The highest BCUT2D eigenvalue weighted by atomic mass is 19.3. The van der Waals surface area contributed by atoms with E-state index in [2.05, 4.69) is 5.32 Å².